The van der Waals surface area contributed by atoms with Gasteiger partial charge in [-0.3, -0.25) is 4.79 Å². The molecule has 0 aliphatic heterocycles. The minimum Gasteiger partial charge on any atom is -0.309 e. The van der Waals surface area contributed by atoms with Gasteiger partial charge in [0.1, 0.15) is 0 Å². The van der Waals surface area contributed by atoms with E-state index >= 15 is 0 Å². The average molecular weight is 166 g/mol. The van der Waals surface area contributed by atoms with E-state index in [2.05, 4.69) is 20.7 Å². The topological polar surface area (TPSA) is 67.8 Å². The molecule has 0 spiro atoms. The van der Waals surface area contributed by atoms with Gasteiger partial charge in [0.2, 0.25) is 5.91 Å². The van der Waals surface area contributed by atoms with E-state index in [1.54, 1.807) is 6.07 Å². The highest BCUT2D eigenvalue weighted by Gasteiger charge is 2.00. The molecule has 0 atom stereocenters. The summed E-state index contributed by atoms with van der Waals surface area (Å²) in [4.78, 5) is 11.0. The normalized spacial score (nSPS) is 9.42. The van der Waals surface area contributed by atoms with Gasteiger partial charge in [-0.1, -0.05) is 6.92 Å². The van der Waals surface area contributed by atoms with Gasteiger partial charge in [0.05, 0.1) is 6.20 Å². The highest BCUT2D eigenvalue weighted by atomic mass is 16.1. The van der Waals surface area contributed by atoms with Crippen molar-refractivity contribution in [2.24, 2.45) is 0 Å². The molecule has 5 heteroatoms. The molecule has 5 nitrogen and oxygen atoms in total. The van der Waals surface area contributed by atoms with Crippen LogP contribution in [0.3, 0.4) is 0 Å². The molecule has 1 heterocycles. The summed E-state index contributed by atoms with van der Waals surface area (Å²) < 4.78 is 0. The highest BCUT2D eigenvalue weighted by molar-refractivity contribution is 5.89. The number of hydrogen-bond acceptors (Lipinski definition) is 4. The summed E-state index contributed by atoms with van der Waals surface area (Å²) >= 11 is 0. The molecule has 1 aromatic rings. The maximum absolute atomic E-state index is 11.0. The fourth-order valence-electron chi connectivity index (χ4n) is 0.740. The summed E-state index contributed by atoms with van der Waals surface area (Å²) in [7, 11) is 0. The van der Waals surface area contributed by atoms with E-state index in [-0.39, 0.29) is 5.91 Å². The van der Waals surface area contributed by atoms with Crippen molar-refractivity contribution >= 4 is 11.7 Å². The van der Waals surface area contributed by atoms with Gasteiger partial charge in [0, 0.05) is 12.5 Å². The second-order valence-electron chi connectivity index (χ2n) is 2.30. The monoisotopic (exact) mass is 166 g/mol. The molecule has 0 saturated carbocycles. The van der Waals surface area contributed by atoms with Crippen LogP contribution in [0.15, 0.2) is 12.3 Å². The predicted octanol–water partition coefficient (Wildman–Crippen LogP) is 0.610. The first kappa shape index (κ1) is 8.58. The molecule has 12 heavy (non-hydrogen) atoms. The van der Waals surface area contributed by atoms with Crippen molar-refractivity contribution in [1.29, 1.82) is 0 Å². The summed E-state index contributed by atoms with van der Waals surface area (Å²) in [6.45, 7) is 1.94. The fourth-order valence-corrected chi connectivity index (χ4v) is 0.740. The lowest BCUT2D eigenvalue weighted by atomic mass is 10.3. The minimum absolute atomic E-state index is 0.0435. The van der Waals surface area contributed by atoms with Crippen molar-refractivity contribution in [3.05, 3.63) is 12.3 Å². The lowest BCUT2D eigenvalue weighted by Gasteiger charge is -1.99. The highest BCUT2D eigenvalue weighted by Crippen LogP contribution is 1.98. The zero-order chi connectivity index (χ0) is 8.81. The first-order valence-corrected chi connectivity index (χ1v) is 3.77. The van der Waals surface area contributed by atoms with Crippen molar-refractivity contribution in [2.45, 2.75) is 19.8 Å². The number of hydrogen-bond donors (Lipinski definition) is 1. The summed E-state index contributed by atoms with van der Waals surface area (Å²) in [6.07, 6.45) is 2.81. The molecule has 64 valence electrons. The van der Waals surface area contributed by atoms with Crippen molar-refractivity contribution in [3.63, 3.8) is 0 Å². The fraction of sp³-hybridized carbons (Fsp3) is 0.429. The lowest BCUT2D eigenvalue weighted by Crippen LogP contribution is -2.12. The smallest absolute Gasteiger partial charge is 0.225 e. The van der Waals surface area contributed by atoms with Gasteiger partial charge < -0.3 is 5.32 Å². The summed E-state index contributed by atoms with van der Waals surface area (Å²) in [5.74, 6) is 0.404. The number of carbonyl (C=O) groups excluding carboxylic acids is 1. The van der Waals surface area contributed by atoms with E-state index in [1.165, 1.54) is 6.20 Å². The van der Waals surface area contributed by atoms with Crippen LogP contribution in [0.1, 0.15) is 19.8 Å². The van der Waals surface area contributed by atoms with Crippen LogP contribution in [-0.2, 0) is 4.79 Å². The molecule has 0 aromatic carbocycles. The molecule has 0 bridgehead atoms. The number of rotatable bonds is 3. The Bertz CT molecular complexity index is 249. The van der Waals surface area contributed by atoms with Crippen LogP contribution < -0.4 is 5.32 Å². The number of aromatic nitrogens is 3. The Balaban J connectivity index is 2.47. The Morgan fingerprint density at radius 1 is 1.67 bits per heavy atom. The van der Waals surface area contributed by atoms with Gasteiger partial charge in [-0.2, -0.15) is 0 Å². The number of amides is 1. The van der Waals surface area contributed by atoms with Gasteiger partial charge in [-0.25, -0.2) is 0 Å². The van der Waals surface area contributed by atoms with Crippen molar-refractivity contribution in [3.8, 4) is 0 Å². The third-order valence-electron chi connectivity index (χ3n) is 1.25. The first-order valence-electron chi connectivity index (χ1n) is 3.77. The molecular weight excluding hydrogens is 156 g/mol. The number of anilines is 1. The van der Waals surface area contributed by atoms with E-state index in [0.717, 1.165) is 6.42 Å². The van der Waals surface area contributed by atoms with E-state index < -0.39 is 0 Å². The molecule has 0 saturated heterocycles. The van der Waals surface area contributed by atoms with Gasteiger partial charge in [-0.15, -0.1) is 10.2 Å². The second kappa shape index (κ2) is 4.38. The Morgan fingerprint density at radius 2 is 2.50 bits per heavy atom. The lowest BCUT2D eigenvalue weighted by molar-refractivity contribution is -0.116. The molecule has 0 unspecified atom stereocenters. The van der Waals surface area contributed by atoms with E-state index in [1.807, 2.05) is 6.92 Å². The average Bonchev–Trinajstić information content (AvgIpc) is 2.06. The van der Waals surface area contributed by atoms with Crippen LogP contribution in [0, 0.1) is 0 Å². The van der Waals surface area contributed by atoms with Crippen LogP contribution in [0.25, 0.3) is 0 Å². The summed E-state index contributed by atoms with van der Waals surface area (Å²) in [5, 5.41) is 13.1. The summed E-state index contributed by atoms with van der Waals surface area (Å²) in [6, 6.07) is 1.60. The molecule has 0 aliphatic rings. The molecule has 0 aliphatic carbocycles. The minimum atomic E-state index is -0.0435. The van der Waals surface area contributed by atoms with E-state index in [0.29, 0.717) is 12.2 Å². The van der Waals surface area contributed by atoms with Crippen molar-refractivity contribution in [2.75, 3.05) is 5.32 Å². The van der Waals surface area contributed by atoms with E-state index in [4.69, 9.17) is 0 Å². The number of nitrogens with one attached hydrogen (secondary N) is 1. The van der Waals surface area contributed by atoms with E-state index in [9.17, 15) is 4.79 Å². The maximum atomic E-state index is 11.0. The Hall–Kier alpha value is -1.52. The Labute approximate surface area is 70.2 Å². The van der Waals surface area contributed by atoms with Crippen LogP contribution in [-0.4, -0.2) is 21.3 Å². The molecule has 0 fully saturated rings. The third-order valence-corrected chi connectivity index (χ3v) is 1.25. The standard InChI is InChI=1S/C7H10N4O/c1-2-3-7(12)9-6-4-5-8-11-10-6/h4-5H,2-3H2,1H3,(H,8,9,10,12). The molecular formula is C7H10N4O. The summed E-state index contributed by atoms with van der Waals surface area (Å²) in [5.41, 5.74) is 0. The molecule has 1 aromatic heterocycles. The number of nitrogens with zero attached hydrogens (tertiary/aromatic N) is 3. The Kier molecular flexibility index (Phi) is 3.13. The first-order chi connectivity index (χ1) is 5.83. The van der Waals surface area contributed by atoms with Crippen LogP contribution in [0.2, 0.25) is 0 Å². The van der Waals surface area contributed by atoms with Gasteiger partial charge >= 0.3 is 0 Å². The quantitative estimate of drug-likeness (QED) is 0.714. The molecule has 1 rings (SSSR count). The number of carbonyl (C=O) groups is 1. The third kappa shape index (κ3) is 2.61. The maximum Gasteiger partial charge on any atom is 0.225 e. The SMILES string of the molecule is CCCC(=O)Nc1ccnnn1. The largest absolute Gasteiger partial charge is 0.309 e. The zero-order valence-corrected chi connectivity index (χ0v) is 6.82. The predicted molar refractivity (Wildman–Crippen MR) is 43.4 cm³/mol. The van der Waals surface area contributed by atoms with Crippen LogP contribution in [0.5, 0.6) is 0 Å². The Morgan fingerprint density at radius 3 is 3.08 bits per heavy atom. The second-order valence-corrected chi connectivity index (χ2v) is 2.30. The van der Waals surface area contributed by atoms with Crippen LogP contribution in [0.4, 0.5) is 5.82 Å². The van der Waals surface area contributed by atoms with Crippen molar-refractivity contribution < 1.29 is 4.79 Å². The van der Waals surface area contributed by atoms with Crippen molar-refractivity contribution in [1.82, 2.24) is 15.4 Å². The van der Waals surface area contributed by atoms with Gasteiger partial charge in [0.25, 0.3) is 0 Å². The zero-order valence-electron chi connectivity index (χ0n) is 6.82. The van der Waals surface area contributed by atoms with Gasteiger partial charge in [-0.05, 0) is 11.6 Å². The van der Waals surface area contributed by atoms with Crippen LogP contribution >= 0.6 is 0 Å². The molecule has 0 radical (unpaired) electrons. The molecule has 1 amide bonds. The molecule has 1 N–H and O–H groups in total. The van der Waals surface area contributed by atoms with Gasteiger partial charge in [0.15, 0.2) is 5.82 Å².